The van der Waals surface area contributed by atoms with Crippen LogP contribution in [0.15, 0.2) is 12.2 Å². The first kappa shape index (κ1) is 13.2. The predicted molar refractivity (Wildman–Crippen MR) is 58.2 cm³/mol. The van der Waals surface area contributed by atoms with Gasteiger partial charge in [0, 0.05) is 0 Å². The second-order valence-electron chi connectivity index (χ2n) is 4.06. The monoisotopic (exact) mass is 241 g/mol. The Morgan fingerprint density at radius 2 is 1.71 bits per heavy atom. The molecule has 0 heterocycles. The summed E-state index contributed by atoms with van der Waals surface area (Å²) in [7, 11) is 0. The van der Waals surface area contributed by atoms with Crippen LogP contribution in [0.5, 0.6) is 0 Å². The Labute approximate surface area is 98.3 Å². The molecule has 1 amide bonds. The number of carboxylic acids is 2. The van der Waals surface area contributed by atoms with Crippen molar-refractivity contribution in [2.45, 2.75) is 25.8 Å². The molecule has 3 N–H and O–H groups in total. The molecule has 0 radical (unpaired) electrons. The van der Waals surface area contributed by atoms with Crippen LogP contribution in [-0.4, -0.2) is 34.1 Å². The lowest BCUT2D eigenvalue weighted by atomic mass is 9.82. The Hall–Kier alpha value is -1.85. The number of carbonyl (C=O) groups excluding carboxylic acids is 1. The molecule has 0 spiro atoms. The minimum absolute atomic E-state index is 0.300. The summed E-state index contributed by atoms with van der Waals surface area (Å²) in [6.07, 6.45) is 4.10. The Morgan fingerprint density at radius 1 is 1.18 bits per heavy atom. The number of aliphatic carboxylic acids is 2. The van der Waals surface area contributed by atoms with E-state index in [-0.39, 0.29) is 0 Å². The molecule has 0 saturated carbocycles. The number of carboxylic acid groups (broad SMARTS) is 2. The number of hydrogen-bond donors (Lipinski definition) is 3. The zero-order valence-corrected chi connectivity index (χ0v) is 9.42. The Balaban J connectivity index is 2.69. The zero-order valence-electron chi connectivity index (χ0n) is 9.42. The van der Waals surface area contributed by atoms with E-state index < -0.39 is 35.7 Å². The van der Waals surface area contributed by atoms with Crippen LogP contribution in [0.2, 0.25) is 0 Å². The van der Waals surface area contributed by atoms with Gasteiger partial charge in [-0.15, -0.1) is 0 Å². The molecule has 0 fully saturated rings. The highest BCUT2D eigenvalue weighted by Gasteiger charge is 2.34. The minimum Gasteiger partial charge on any atom is -0.481 e. The van der Waals surface area contributed by atoms with E-state index in [1.807, 2.05) is 0 Å². The Bertz CT molecular complexity index is 363. The van der Waals surface area contributed by atoms with E-state index in [9.17, 15) is 14.4 Å². The van der Waals surface area contributed by atoms with E-state index in [0.717, 1.165) is 0 Å². The molecule has 1 unspecified atom stereocenters. The van der Waals surface area contributed by atoms with Gasteiger partial charge in [-0.25, -0.2) is 0 Å². The molecular weight excluding hydrogens is 226 g/mol. The SMILES string of the molecule is CC(NC(=O)[C@@H]1CC=CC[C@@H]1C(=O)O)C(=O)O. The van der Waals surface area contributed by atoms with E-state index >= 15 is 0 Å². The van der Waals surface area contributed by atoms with Crippen LogP contribution in [0.25, 0.3) is 0 Å². The fraction of sp³-hybridized carbons (Fsp3) is 0.545. The summed E-state index contributed by atoms with van der Waals surface area (Å²) in [6, 6.07) is -1.01. The van der Waals surface area contributed by atoms with Gasteiger partial charge in [0.25, 0.3) is 0 Å². The zero-order chi connectivity index (χ0) is 13.0. The van der Waals surface area contributed by atoms with Gasteiger partial charge in [-0.2, -0.15) is 0 Å². The van der Waals surface area contributed by atoms with Crippen LogP contribution in [0.4, 0.5) is 0 Å². The van der Waals surface area contributed by atoms with Gasteiger partial charge in [-0.3, -0.25) is 14.4 Å². The van der Waals surface area contributed by atoms with Gasteiger partial charge in [0.05, 0.1) is 11.8 Å². The molecule has 6 heteroatoms. The highest BCUT2D eigenvalue weighted by Crippen LogP contribution is 2.26. The summed E-state index contributed by atoms with van der Waals surface area (Å²) in [5, 5.41) is 19.9. The standard InChI is InChI=1S/C11H15NO5/c1-6(10(14)15)12-9(13)7-4-2-3-5-8(7)11(16)17/h2-3,6-8H,4-5H2,1H3,(H,12,13)(H,14,15)(H,16,17)/t6?,7-,8+/m1/s1. The highest BCUT2D eigenvalue weighted by molar-refractivity contribution is 5.88. The summed E-state index contributed by atoms with van der Waals surface area (Å²) in [6.45, 7) is 1.34. The van der Waals surface area contributed by atoms with Crippen molar-refractivity contribution in [3.63, 3.8) is 0 Å². The lowest BCUT2D eigenvalue weighted by Crippen LogP contribution is -2.45. The van der Waals surface area contributed by atoms with Crippen molar-refractivity contribution in [2.24, 2.45) is 11.8 Å². The van der Waals surface area contributed by atoms with E-state index in [0.29, 0.717) is 12.8 Å². The first-order valence-electron chi connectivity index (χ1n) is 5.34. The molecule has 3 atom stereocenters. The highest BCUT2D eigenvalue weighted by atomic mass is 16.4. The Morgan fingerprint density at radius 3 is 2.18 bits per heavy atom. The second-order valence-corrected chi connectivity index (χ2v) is 4.06. The third kappa shape index (κ3) is 3.30. The average Bonchev–Trinajstić information content (AvgIpc) is 2.28. The predicted octanol–water partition coefficient (Wildman–Crippen LogP) is 0.243. The lowest BCUT2D eigenvalue weighted by molar-refractivity contribution is -0.148. The molecule has 1 aliphatic carbocycles. The van der Waals surface area contributed by atoms with Crippen molar-refractivity contribution in [1.29, 1.82) is 0 Å². The number of allylic oxidation sites excluding steroid dienone is 2. The molecule has 94 valence electrons. The van der Waals surface area contributed by atoms with E-state index in [2.05, 4.69) is 5.32 Å². The molecule has 0 saturated heterocycles. The maximum Gasteiger partial charge on any atom is 0.325 e. The molecule has 0 aromatic carbocycles. The third-order valence-electron chi connectivity index (χ3n) is 2.82. The number of hydrogen-bond acceptors (Lipinski definition) is 3. The second kappa shape index (κ2) is 5.47. The van der Waals surface area contributed by atoms with Crippen LogP contribution < -0.4 is 5.32 Å². The quantitative estimate of drug-likeness (QED) is 0.612. The largest absolute Gasteiger partial charge is 0.481 e. The van der Waals surface area contributed by atoms with Gasteiger partial charge in [0.1, 0.15) is 6.04 Å². The fourth-order valence-electron chi connectivity index (χ4n) is 1.76. The first-order chi connectivity index (χ1) is 7.93. The van der Waals surface area contributed by atoms with E-state index in [1.165, 1.54) is 6.92 Å². The van der Waals surface area contributed by atoms with Gasteiger partial charge >= 0.3 is 11.9 Å². The summed E-state index contributed by atoms with van der Waals surface area (Å²) in [5.74, 6) is -4.16. The summed E-state index contributed by atoms with van der Waals surface area (Å²) in [4.78, 5) is 33.3. The average molecular weight is 241 g/mol. The molecule has 17 heavy (non-hydrogen) atoms. The third-order valence-corrected chi connectivity index (χ3v) is 2.82. The molecule has 0 bridgehead atoms. The normalized spacial score (nSPS) is 25.0. The van der Waals surface area contributed by atoms with Crippen molar-refractivity contribution < 1.29 is 24.6 Å². The summed E-state index contributed by atoms with van der Waals surface area (Å²) < 4.78 is 0. The van der Waals surface area contributed by atoms with Gasteiger partial charge in [0.2, 0.25) is 5.91 Å². The minimum atomic E-state index is -1.14. The van der Waals surface area contributed by atoms with Crippen LogP contribution >= 0.6 is 0 Å². The topological polar surface area (TPSA) is 104 Å². The van der Waals surface area contributed by atoms with Gasteiger partial charge in [-0.1, -0.05) is 12.2 Å². The fourth-order valence-corrected chi connectivity index (χ4v) is 1.76. The van der Waals surface area contributed by atoms with Crippen molar-refractivity contribution in [2.75, 3.05) is 0 Å². The number of rotatable bonds is 4. The molecule has 1 rings (SSSR count). The maximum atomic E-state index is 11.8. The molecule has 0 aliphatic heterocycles. The maximum absolute atomic E-state index is 11.8. The molecule has 6 nitrogen and oxygen atoms in total. The number of nitrogens with one attached hydrogen (secondary N) is 1. The van der Waals surface area contributed by atoms with Crippen molar-refractivity contribution >= 4 is 17.8 Å². The van der Waals surface area contributed by atoms with Crippen molar-refractivity contribution in [3.8, 4) is 0 Å². The molecule has 0 aromatic heterocycles. The van der Waals surface area contributed by atoms with Crippen molar-refractivity contribution in [1.82, 2.24) is 5.32 Å². The molecule has 0 aromatic rings. The smallest absolute Gasteiger partial charge is 0.325 e. The lowest BCUT2D eigenvalue weighted by Gasteiger charge is -2.25. The van der Waals surface area contributed by atoms with Crippen LogP contribution in [0.1, 0.15) is 19.8 Å². The van der Waals surface area contributed by atoms with E-state index in [1.54, 1.807) is 12.2 Å². The summed E-state index contributed by atoms with van der Waals surface area (Å²) >= 11 is 0. The van der Waals surface area contributed by atoms with Crippen LogP contribution in [0, 0.1) is 11.8 Å². The van der Waals surface area contributed by atoms with E-state index in [4.69, 9.17) is 10.2 Å². The van der Waals surface area contributed by atoms with Crippen molar-refractivity contribution in [3.05, 3.63) is 12.2 Å². The first-order valence-corrected chi connectivity index (χ1v) is 5.34. The van der Waals surface area contributed by atoms with Gasteiger partial charge in [-0.05, 0) is 19.8 Å². The molecule has 1 aliphatic rings. The van der Waals surface area contributed by atoms with Gasteiger partial charge in [0.15, 0.2) is 0 Å². The molecular formula is C11H15NO5. The van der Waals surface area contributed by atoms with Gasteiger partial charge < -0.3 is 15.5 Å². The Kier molecular flexibility index (Phi) is 4.25. The van der Waals surface area contributed by atoms with Crippen LogP contribution in [0.3, 0.4) is 0 Å². The number of amides is 1. The number of carbonyl (C=O) groups is 3. The summed E-state index contributed by atoms with van der Waals surface area (Å²) in [5.41, 5.74) is 0. The van der Waals surface area contributed by atoms with Crippen LogP contribution in [-0.2, 0) is 14.4 Å².